The average molecular weight is 253 g/mol. The smallest absolute Gasteiger partial charge is 0.0588 e. The second-order valence-electron chi connectivity index (χ2n) is 5.27. The van der Waals surface area contributed by atoms with E-state index in [0.717, 1.165) is 13.2 Å². The number of ether oxygens (including phenoxy) is 1. The molecule has 1 fully saturated rings. The van der Waals surface area contributed by atoms with Crippen LogP contribution in [0.1, 0.15) is 38.1 Å². The average Bonchev–Trinajstić information content (AvgIpc) is 2.91. The molecule has 2 rings (SSSR count). The molecule has 0 aromatic carbocycles. The number of thiophene rings is 1. The molecular formula is C14H23NOS. The first-order chi connectivity index (χ1) is 8.18. The van der Waals surface area contributed by atoms with Gasteiger partial charge in [0.25, 0.3) is 0 Å². The van der Waals surface area contributed by atoms with Gasteiger partial charge >= 0.3 is 0 Å². The van der Waals surface area contributed by atoms with E-state index in [4.69, 9.17) is 4.74 Å². The second-order valence-corrected chi connectivity index (χ2v) is 6.25. The van der Waals surface area contributed by atoms with Gasteiger partial charge in [-0.3, -0.25) is 0 Å². The SMILES string of the molecule is CC(C)C(NCC1CCOC1C)c1cccs1. The summed E-state index contributed by atoms with van der Waals surface area (Å²) in [5.74, 6) is 1.31. The highest BCUT2D eigenvalue weighted by molar-refractivity contribution is 7.10. The summed E-state index contributed by atoms with van der Waals surface area (Å²) in [6.45, 7) is 8.76. The number of nitrogens with one attached hydrogen (secondary N) is 1. The first kappa shape index (κ1) is 13.1. The van der Waals surface area contributed by atoms with Gasteiger partial charge in [-0.25, -0.2) is 0 Å². The second kappa shape index (κ2) is 5.98. The Morgan fingerprint density at radius 1 is 1.53 bits per heavy atom. The predicted molar refractivity (Wildman–Crippen MR) is 73.4 cm³/mol. The van der Waals surface area contributed by atoms with Crippen LogP contribution in [0.3, 0.4) is 0 Å². The van der Waals surface area contributed by atoms with Crippen LogP contribution in [0.25, 0.3) is 0 Å². The van der Waals surface area contributed by atoms with Gasteiger partial charge in [0.05, 0.1) is 6.10 Å². The van der Waals surface area contributed by atoms with Crippen molar-refractivity contribution in [3.63, 3.8) is 0 Å². The number of hydrogen-bond acceptors (Lipinski definition) is 3. The quantitative estimate of drug-likeness (QED) is 0.867. The summed E-state index contributed by atoms with van der Waals surface area (Å²) < 4.78 is 5.61. The van der Waals surface area contributed by atoms with Gasteiger partial charge in [-0.15, -0.1) is 11.3 Å². The van der Waals surface area contributed by atoms with Gasteiger partial charge in [-0.05, 0) is 36.6 Å². The highest BCUT2D eigenvalue weighted by atomic mass is 32.1. The molecule has 96 valence electrons. The molecule has 0 spiro atoms. The highest BCUT2D eigenvalue weighted by Crippen LogP contribution is 2.27. The van der Waals surface area contributed by atoms with Crippen molar-refractivity contribution < 1.29 is 4.74 Å². The number of hydrogen-bond donors (Lipinski definition) is 1. The molecule has 0 saturated carbocycles. The molecular weight excluding hydrogens is 230 g/mol. The van der Waals surface area contributed by atoms with Crippen LogP contribution in [0, 0.1) is 11.8 Å². The molecule has 0 radical (unpaired) electrons. The van der Waals surface area contributed by atoms with Gasteiger partial charge in [0.2, 0.25) is 0 Å². The molecule has 0 aliphatic carbocycles. The van der Waals surface area contributed by atoms with E-state index in [1.807, 2.05) is 11.3 Å². The van der Waals surface area contributed by atoms with E-state index in [1.165, 1.54) is 11.3 Å². The molecule has 3 unspecified atom stereocenters. The maximum Gasteiger partial charge on any atom is 0.0588 e. The molecule has 2 heterocycles. The van der Waals surface area contributed by atoms with Crippen molar-refractivity contribution in [1.29, 1.82) is 0 Å². The lowest BCUT2D eigenvalue weighted by Gasteiger charge is -2.24. The molecule has 2 nitrogen and oxygen atoms in total. The minimum Gasteiger partial charge on any atom is -0.378 e. The zero-order valence-corrected chi connectivity index (χ0v) is 11.8. The molecule has 1 N–H and O–H groups in total. The van der Waals surface area contributed by atoms with E-state index >= 15 is 0 Å². The molecule has 1 aliphatic heterocycles. The van der Waals surface area contributed by atoms with Gasteiger partial charge in [0, 0.05) is 24.1 Å². The first-order valence-corrected chi connectivity index (χ1v) is 7.45. The van der Waals surface area contributed by atoms with Gasteiger partial charge < -0.3 is 10.1 Å². The van der Waals surface area contributed by atoms with Crippen LogP contribution in [0.15, 0.2) is 17.5 Å². The van der Waals surface area contributed by atoms with E-state index in [9.17, 15) is 0 Å². The van der Waals surface area contributed by atoms with Crippen LogP contribution in [0.4, 0.5) is 0 Å². The van der Waals surface area contributed by atoms with Gasteiger partial charge in [0.15, 0.2) is 0 Å². The lowest BCUT2D eigenvalue weighted by atomic mass is 9.99. The maximum atomic E-state index is 5.61. The fourth-order valence-corrected chi connectivity index (χ4v) is 3.43. The molecule has 1 aromatic heterocycles. The summed E-state index contributed by atoms with van der Waals surface area (Å²) >= 11 is 1.85. The maximum absolute atomic E-state index is 5.61. The third-order valence-corrected chi connectivity index (χ3v) is 4.60. The minimum absolute atomic E-state index is 0.415. The topological polar surface area (TPSA) is 21.3 Å². The van der Waals surface area contributed by atoms with Crippen molar-refractivity contribution in [3.05, 3.63) is 22.4 Å². The van der Waals surface area contributed by atoms with Crippen molar-refractivity contribution in [1.82, 2.24) is 5.32 Å². The summed E-state index contributed by atoms with van der Waals surface area (Å²) in [6, 6.07) is 4.86. The Labute approximate surface area is 108 Å². The van der Waals surface area contributed by atoms with Crippen molar-refractivity contribution in [2.24, 2.45) is 11.8 Å². The molecule has 3 heteroatoms. The summed E-state index contributed by atoms with van der Waals surface area (Å²) in [5, 5.41) is 5.88. The van der Waals surface area contributed by atoms with Crippen molar-refractivity contribution >= 4 is 11.3 Å². The standard InChI is InChI=1S/C14H23NOS/c1-10(2)14(13-5-4-8-17-13)15-9-12-6-7-16-11(12)3/h4-5,8,10-12,14-15H,6-7,9H2,1-3H3. The van der Waals surface area contributed by atoms with Gasteiger partial charge in [-0.1, -0.05) is 19.9 Å². The Balaban J connectivity index is 1.90. The van der Waals surface area contributed by atoms with E-state index in [2.05, 4.69) is 43.6 Å². The Hall–Kier alpha value is -0.380. The summed E-state index contributed by atoms with van der Waals surface area (Å²) in [4.78, 5) is 1.45. The zero-order valence-electron chi connectivity index (χ0n) is 11.0. The molecule has 0 bridgehead atoms. The molecule has 1 aliphatic rings. The highest BCUT2D eigenvalue weighted by Gasteiger charge is 2.25. The summed E-state index contributed by atoms with van der Waals surface area (Å²) in [6.07, 6.45) is 1.61. The van der Waals surface area contributed by atoms with Crippen molar-refractivity contribution in [2.75, 3.05) is 13.2 Å². The molecule has 17 heavy (non-hydrogen) atoms. The monoisotopic (exact) mass is 253 g/mol. The van der Waals surface area contributed by atoms with Crippen molar-refractivity contribution in [2.45, 2.75) is 39.3 Å². The van der Waals surface area contributed by atoms with E-state index in [1.54, 1.807) is 0 Å². The van der Waals surface area contributed by atoms with Crippen LogP contribution in [-0.4, -0.2) is 19.3 Å². The summed E-state index contributed by atoms with van der Waals surface area (Å²) in [5.41, 5.74) is 0. The Kier molecular flexibility index (Phi) is 4.60. The van der Waals surface area contributed by atoms with Crippen LogP contribution >= 0.6 is 11.3 Å². The number of rotatable bonds is 5. The zero-order chi connectivity index (χ0) is 12.3. The first-order valence-electron chi connectivity index (χ1n) is 6.57. The van der Waals surface area contributed by atoms with Crippen LogP contribution in [-0.2, 0) is 4.74 Å². The van der Waals surface area contributed by atoms with E-state index in [0.29, 0.717) is 24.0 Å². The Morgan fingerprint density at radius 2 is 2.35 bits per heavy atom. The van der Waals surface area contributed by atoms with Crippen LogP contribution < -0.4 is 5.32 Å². The van der Waals surface area contributed by atoms with E-state index in [-0.39, 0.29) is 0 Å². The largest absolute Gasteiger partial charge is 0.378 e. The minimum atomic E-state index is 0.415. The summed E-state index contributed by atoms with van der Waals surface area (Å²) in [7, 11) is 0. The third kappa shape index (κ3) is 3.30. The van der Waals surface area contributed by atoms with Gasteiger partial charge in [0.1, 0.15) is 0 Å². The van der Waals surface area contributed by atoms with E-state index < -0.39 is 0 Å². The van der Waals surface area contributed by atoms with Crippen LogP contribution in [0.2, 0.25) is 0 Å². The lowest BCUT2D eigenvalue weighted by Crippen LogP contribution is -2.32. The Morgan fingerprint density at radius 3 is 2.88 bits per heavy atom. The van der Waals surface area contributed by atoms with Crippen molar-refractivity contribution in [3.8, 4) is 0 Å². The lowest BCUT2D eigenvalue weighted by molar-refractivity contribution is 0.104. The Bertz CT molecular complexity index is 323. The molecule has 0 amide bonds. The molecule has 1 aromatic rings. The normalized spacial score (nSPS) is 26.6. The van der Waals surface area contributed by atoms with Gasteiger partial charge in [-0.2, -0.15) is 0 Å². The third-order valence-electron chi connectivity index (χ3n) is 3.65. The predicted octanol–water partition coefficient (Wildman–Crippen LogP) is 3.46. The molecule has 3 atom stereocenters. The van der Waals surface area contributed by atoms with Crippen LogP contribution in [0.5, 0.6) is 0 Å². The molecule has 1 saturated heterocycles. The fourth-order valence-electron chi connectivity index (χ4n) is 2.46. The fraction of sp³-hybridized carbons (Fsp3) is 0.714.